The van der Waals surface area contributed by atoms with Crippen molar-refractivity contribution in [1.82, 2.24) is 0 Å². The van der Waals surface area contributed by atoms with Crippen molar-refractivity contribution in [2.75, 3.05) is 0 Å². The monoisotopic (exact) mass is 356 g/mol. The van der Waals surface area contributed by atoms with E-state index >= 15 is 0 Å². The minimum absolute atomic E-state index is 0.220. The third kappa shape index (κ3) is 3.50. The summed E-state index contributed by atoms with van der Waals surface area (Å²) in [5.74, 6) is 0.604. The molecule has 1 aromatic carbocycles. The molecule has 1 aromatic rings. The second-order valence-corrected chi connectivity index (χ2v) is 24.2. The van der Waals surface area contributed by atoms with Crippen molar-refractivity contribution >= 4 is 39.8 Å². The molecule has 6 heteroatoms. The lowest BCUT2D eigenvalue weighted by Crippen LogP contribution is -2.59. The quantitative estimate of drug-likeness (QED) is 0.573. The van der Waals surface area contributed by atoms with E-state index in [1.807, 2.05) is 0 Å². The predicted molar refractivity (Wildman–Crippen MR) is 105 cm³/mol. The van der Waals surface area contributed by atoms with Crippen molar-refractivity contribution in [2.24, 2.45) is 0 Å². The topological polar surface area (TPSA) is 60.7 Å². The maximum Gasteiger partial charge on any atom is 0.120 e. The van der Waals surface area contributed by atoms with Crippen LogP contribution in [0.15, 0.2) is 0 Å². The third-order valence-corrected chi connectivity index (χ3v) is 10.2. The normalized spacial score (nSPS) is 13.5. The third-order valence-electron chi connectivity index (χ3n) is 3.96. The highest BCUT2D eigenvalue weighted by Crippen LogP contribution is 2.27. The van der Waals surface area contributed by atoms with Gasteiger partial charge in [-0.3, -0.25) is 0 Å². The van der Waals surface area contributed by atoms with Crippen LogP contribution in [0.5, 0.6) is 11.5 Å². The van der Waals surface area contributed by atoms with E-state index in [0.29, 0.717) is 11.3 Å². The molecule has 0 amide bonds. The number of hydrogen-bond acceptors (Lipinski definition) is 3. The first kappa shape index (κ1) is 19.5. The van der Waals surface area contributed by atoms with E-state index in [9.17, 15) is 15.3 Å². The van der Waals surface area contributed by atoms with Crippen molar-refractivity contribution < 1.29 is 15.3 Å². The Morgan fingerprint density at radius 1 is 0.591 bits per heavy atom. The van der Waals surface area contributed by atoms with Gasteiger partial charge < -0.3 is 15.3 Å². The highest BCUT2D eigenvalue weighted by Gasteiger charge is 2.38. The van der Waals surface area contributed by atoms with Gasteiger partial charge in [0.25, 0.3) is 0 Å². The van der Waals surface area contributed by atoms with Gasteiger partial charge in [-0.25, -0.2) is 0 Å². The Kier molecular flexibility index (Phi) is 5.15. The molecular formula is C16H32O3Si3. The molecule has 0 saturated carbocycles. The van der Waals surface area contributed by atoms with Gasteiger partial charge in [0, 0.05) is 5.56 Å². The molecule has 0 aliphatic carbocycles. The van der Waals surface area contributed by atoms with Crippen LogP contribution in [0.3, 0.4) is 0 Å². The Balaban J connectivity index is 4.11. The molecule has 126 valence electrons. The number of phenols is 2. The number of aliphatic hydroxyl groups is 1. The Labute approximate surface area is 138 Å². The largest absolute Gasteiger partial charge is 0.508 e. The first-order valence-electron chi connectivity index (χ1n) is 7.87. The van der Waals surface area contributed by atoms with Gasteiger partial charge in [0.2, 0.25) is 0 Å². The molecule has 0 fully saturated rings. The minimum atomic E-state index is -1.90. The zero-order valence-corrected chi connectivity index (χ0v) is 18.5. The summed E-state index contributed by atoms with van der Waals surface area (Å²) in [6.45, 7) is 19.4. The molecule has 22 heavy (non-hydrogen) atoms. The predicted octanol–water partition coefficient (Wildman–Crippen LogP) is 2.23. The Morgan fingerprint density at radius 2 is 0.909 bits per heavy atom. The molecule has 0 spiro atoms. The average molecular weight is 357 g/mol. The van der Waals surface area contributed by atoms with Crippen molar-refractivity contribution in [3.63, 3.8) is 0 Å². The van der Waals surface area contributed by atoms with E-state index in [1.54, 1.807) is 0 Å². The Hall–Kier alpha value is -0.569. The van der Waals surface area contributed by atoms with Gasteiger partial charge in [-0.2, -0.15) is 0 Å². The fourth-order valence-electron chi connectivity index (χ4n) is 3.20. The number of aromatic hydroxyl groups is 2. The van der Waals surface area contributed by atoms with Crippen molar-refractivity contribution in [3.05, 3.63) is 5.56 Å². The lowest BCUT2D eigenvalue weighted by Gasteiger charge is -2.34. The first-order valence-corrected chi connectivity index (χ1v) is 18.4. The van der Waals surface area contributed by atoms with E-state index < -0.39 is 24.2 Å². The molecule has 0 atom stereocenters. The van der Waals surface area contributed by atoms with Gasteiger partial charge in [-0.05, 0) is 15.6 Å². The standard InChI is InChI=1S/C16H32O3Si3/c1-20(2,3)14-11(10-17)12(18)15(21(4,5)6)16(13(14)19)22(7,8)9/h17-19H,10H2,1-9H3. The smallest absolute Gasteiger partial charge is 0.120 e. The van der Waals surface area contributed by atoms with E-state index in [-0.39, 0.29) is 12.4 Å². The van der Waals surface area contributed by atoms with Crippen LogP contribution in [-0.4, -0.2) is 39.5 Å². The molecule has 0 saturated heterocycles. The van der Waals surface area contributed by atoms with Gasteiger partial charge in [-0.15, -0.1) is 0 Å². The Morgan fingerprint density at radius 3 is 1.18 bits per heavy atom. The Bertz CT molecular complexity index is 577. The summed E-state index contributed by atoms with van der Waals surface area (Å²) < 4.78 is 0. The molecule has 0 bridgehead atoms. The van der Waals surface area contributed by atoms with Gasteiger partial charge in [0.05, 0.1) is 30.8 Å². The second kappa shape index (κ2) is 5.81. The maximum atomic E-state index is 11.1. The summed E-state index contributed by atoms with van der Waals surface area (Å²) in [5.41, 5.74) is 0.552. The second-order valence-electron chi connectivity index (χ2n) is 9.21. The number of rotatable bonds is 4. The summed E-state index contributed by atoms with van der Waals surface area (Å²) in [7, 11) is -5.61. The molecule has 0 aliphatic heterocycles. The molecule has 0 heterocycles. The highest BCUT2D eigenvalue weighted by molar-refractivity contribution is 7.00. The van der Waals surface area contributed by atoms with Crippen LogP contribution in [-0.2, 0) is 6.61 Å². The van der Waals surface area contributed by atoms with E-state index in [2.05, 4.69) is 58.9 Å². The van der Waals surface area contributed by atoms with Crippen LogP contribution in [0, 0.1) is 0 Å². The van der Waals surface area contributed by atoms with Crippen LogP contribution in [0.4, 0.5) is 0 Å². The molecule has 0 aliphatic rings. The van der Waals surface area contributed by atoms with Gasteiger partial charge in [-0.1, -0.05) is 58.9 Å². The molecule has 0 aromatic heterocycles. The first-order chi connectivity index (χ1) is 9.64. The number of benzene rings is 1. The van der Waals surface area contributed by atoms with Gasteiger partial charge in [0.1, 0.15) is 11.5 Å². The molecule has 0 unspecified atom stereocenters. The van der Waals surface area contributed by atoms with Gasteiger partial charge >= 0.3 is 0 Å². The summed E-state index contributed by atoms with van der Waals surface area (Å²) in [6, 6.07) is 0. The zero-order chi connectivity index (χ0) is 17.7. The van der Waals surface area contributed by atoms with Crippen LogP contribution in [0.2, 0.25) is 58.9 Å². The van der Waals surface area contributed by atoms with Crippen molar-refractivity contribution in [1.29, 1.82) is 0 Å². The van der Waals surface area contributed by atoms with E-state index in [1.165, 1.54) is 0 Å². The maximum absolute atomic E-state index is 11.1. The van der Waals surface area contributed by atoms with Crippen LogP contribution in [0.25, 0.3) is 0 Å². The number of phenolic OH excluding ortho intramolecular Hbond substituents is 1. The molecule has 3 N–H and O–H groups in total. The minimum Gasteiger partial charge on any atom is -0.508 e. The lowest BCUT2D eigenvalue weighted by atomic mass is 10.2. The van der Waals surface area contributed by atoms with Crippen LogP contribution >= 0.6 is 0 Å². The highest BCUT2D eigenvalue weighted by atomic mass is 28.3. The van der Waals surface area contributed by atoms with Crippen LogP contribution in [0.1, 0.15) is 5.56 Å². The summed E-state index contributed by atoms with van der Waals surface area (Å²) >= 11 is 0. The molecule has 1 rings (SSSR count). The average Bonchev–Trinajstić information content (AvgIpc) is 2.25. The lowest BCUT2D eigenvalue weighted by molar-refractivity contribution is 0.276. The van der Waals surface area contributed by atoms with Crippen LogP contribution < -0.4 is 15.6 Å². The molecule has 0 radical (unpaired) electrons. The SMILES string of the molecule is C[Si](C)(C)c1c(O)c([Si](C)(C)C)c([Si](C)(C)C)c(O)c1CO. The van der Waals surface area contributed by atoms with Crippen molar-refractivity contribution in [2.45, 2.75) is 65.5 Å². The summed E-state index contributed by atoms with van der Waals surface area (Å²) in [6.07, 6.45) is 0. The number of hydrogen-bond donors (Lipinski definition) is 3. The summed E-state index contributed by atoms with van der Waals surface area (Å²) in [4.78, 5) is 0. The van der Waals surface area contributed by atoms with Crippen molar-refractivity contribution in [3.8, 4) is 11.5 Å². The molecule has 3 nitrogen and oxygen atoms in total. The van der Waals surface area contributed by atoms with E-state index in [4.69, 9.17) is 0 Å². The summed E-state index contributed by atoms with van der Waals surface area (Å²) in [5, 5.41) is 34.7. The van der Waals surface area contributed by atoms with E-state index in [0.717, 1.165) is 15.6 Å². The fourth-order valence-corrected chi connectivity index (χ4v) is 10.9. The zero-order valence-electron chi connectivity index (χ0n) is 15.5. The van der Waals surface area contributed by atoms with Gasteiger partial charge in [0.15, 0.2) is 0 Å². The number of aliphatic hydroxyl groups excluding tert-OH is 1. The fraction of sp³-hybridized carbons (Fsp3) is 0.625. The molecular weight excluding hydrogens is 324 g/mol.